The summed E-state index contributed by atoms with van der Waals surface area (Å²) in [4.78, 5) is 35.9. The van der Waals surface area contributed by atoms with E-state index in [2.05, 4.69) is 10.3 Å². The van der Waals surface area contributed by atoms with Gasteiger partial charge in [-0.15, -0.1) is 0 Å². The summed E-state index contributed by atoms with van der Waals surface area (Å²) in [5, 5.41) is 11.6. The molecule has 7 nitrogen and oxygen atoms in total. The molecule has 0 saturated carbocycles. The van der Waals surface area contributed by atoms with Crippen molar-refractivity contribution in [3.63, 3.8) is 0 Å². The van der Waals surface area contributed by atoms with Crippen molar-refractivity contribution in [1.82, 2.24) is 14.9 Å². The second-order valence-electron chi connectivity index (χ2n) is 4.25. The van der Waals surface area contributed by atoms with Gasteiger partial charge < -0.3 is 10.4 Å². The SMILES string of the molecule is CC(CO)C(C)NC(=O)Cn1ccc(=O)[nH]c1=O. The number of aliphatic hydroxyl groups excluding tert-OH is 1. The van der Waals surface area contributed by atoms with Gasteiger partial charge in [-0.05, 0) is 12.8 Å². The van der Waals surface area contributed by atoms with Crippen LogP contribution in [0.4, 0.5) is 0 Å². The summed E-state index contributed by atoms with van der Waals surface area (Å²) in [5.41, 5.74) is -1.13. The Morgan fingerprint density at radius 1 is 1.50 bits per heavy atom. The second-order valence-corrected chi connectivity index (χ2v) is 4.25. The van der Waals surface area contributed by atoms with E-state index in [1.807, 2.05) is 0 Å². The molecule has 7 heteroatoms. The number of amides is 1. The van der Waals surface area contributed by atoms with E-state index in [0.717, 1.165) is 4.57 Å². The lowest BCUT2D eigenvalue weighted by Gasteiger charge is -2.19. The molecule has 0 aromatic carbocycles. The highest BCUT2D eigenvalue weighted by molar-refractivity contribution is 5.76. The van der Waals surface area contributed by atoms with Gasteiger partial charge in [-0.1, -0.05) is 6.92 Å². The maximum Gasteiger partial charge on any atom is 0.328 e. The molecule has 1 amide bonds. The maximum absolute atomic E-state index is 11.6. The highest BCUT2D eigenvalue weighted by Gasteiger charge is 2.14. The summed E-state index contributed by atoms with van der Waals surface area (Å²) >= 11 is 0. The monoisotopic (exact) mass is 255 g/mol. The van der Waals surface area contributed by atoms with Gasteiger partial charge in [-0.2, -0.15) is 0 Å². The molecule has 0 aliphatic rings. The Kier molecular flexibility index (Phi) is 4.85. The van der Waals surface area contributed by atoms with Crippen molar-refractivity contribution in [2.75, 3.05) is 6.61 Å². The minimum absolute atomic E-state index is 0.0277. The fraction of sp³-hybridized carbons (Fsp3) is 0.545. The number of hydrogen-bond acceptors (Lipinski definition) is 4. The third-order valence-electron chi connectivity index (χ3n) is 2.74. The number of hydrogen-bond donors (Lipinski definition) is 3. The summed E-state index contributed by atoms with van der Waals surface area (Å²) in [6, 6.07) is 0.982. The Morgan fingerprint density at radius 2 is 2.17 bits per heavy atom. The topological polar surface area (TPSA) is 104 Å². The zero-order chi connectivity index (χ0) is 13.7. The van der Waals surface area contributed by atoms with Crippen LogP contribution >= 0.6 is 0 Å². The van der Waals surface area contributed by atoms with Crippen molar-refractivity contribution in [3.05, 3.63) is 33.1 Å². The molecule has 1 rings (SSSR count). The van der Waals surface area contributed by atoms with Gasteiger partial charge in [0.15, 0.2) is 0 Å². The zero-order valence-corrected chi connectivity index (χ0v) is 10.3. The lowest BCUT2D eigenvalue weighted by atomic mass is 10.1. The van der Waals surface area contributed by atoms with Crippen LogP contribution < -0.4 is 16.6 Å². The van der Waals surface area contributed by atoms with Gasteiger partial charge in [-0.3, -0.25) is 19.1 Å². The first-order valence-corrected chi connectivity index (χ1v) is 5.64. The summed E-state index contributed by atoms with van der Waals surface area (Å²) in [6.45, 7) is 3.38. The van der Waals surface area contributed by atoms with Gasteiger partial charge in [0.1, 0.15) is 6.54 Å². The van der Waals surface area contributed by atoms with Crippen molar-refractivity contribution >= 4 is 5.91 Å². The smallest absolute Gasteiger partial charge is 0.328 e. The van der Waals surface area contributed by atoms with Gasteiger partial charge >= 0.3 is 5.69 Å². The predicted octanol–water partition coefficient (Wildman–Crippen LogP) is -1.33. The minimum Gasteiger partial charge on any atom is -0.396 e. The molecule has 0 aliphatic heterocycles. The molecule has 18 heavy (non-hydrogen) atoms. The van der Waals surface area contributed by atoms with Crippen LogP contribution in [0.2, 0.25) is 0 Å². The average molecular weight is 255 g/mol. The van der Waals surface area contributed by atoms with Crippen LogP contribution in [0, 0.1) is 5.92 Å². The Bertz CT molecular complexity index is 520. The highest BCUT2D eigenvalue weighted by atomic mass is 16.3. The second kappa shape index (κ2) is 6.15. The molecule has 2 unspecified atom stereocenters. The first-order chi connectivity index (χ1) is 8.43. The summed E-state index contributed by atoms with van der Waals surface area (Å²) in [7, 11) is 0. The van der Waals surface area contributed by atoms with Gasteiger partial charge in [0, 0.05) is 24.9 Å². The minimum atomic E-state index is -0.625. The number of rotatable bonds is 5. The molecule has 3 N–H and O–H groups in total. The normalized spacial score (nSPS) is 13.9. The molecule has 100 valence electrons. The molecule has 0 saturated heterocycles. The molecule has 0 radical (unpaired) electrons. The molecular formula is C11H17N3O4. The lowest BCUT2D eigenvalue weighted by molar-refractivity contribution is -0.122. The van der Waals surface area contributed by atoms with E-state index in [0.29, 0.717) is 0 Å². The Hall–Kier alpha value is -1.89. The van der Waals surface area contributed by atoms with E-state index in [4.69, 9.17) is 5.11 Å². The van der Waals surface area contributed by atoms with Crippen molar-refractivity contribution in [2.45, 2.75) is 26.4 Å². The number of carbonyl (C=O) groups excluding carboxylic acids is 1. The van der Waals surface area contributed by atoms with Gasteiger partial charge in [0.25, 0.3) is 5.56 Å². The first-order valence-electron chi connectivity index (χ1n) is 5.64. The average Bonchev–Trinajstić information content (AvgIpc) is 2.31. The first kappa shape index (κ1) is 14.2. The van der Waals surface area contributed by atoms with Gasteiger partial charge in [0.05, 0.1) is 0 Å². The van der Waals surface area contributed by atoms with Crippen LogP contribution in [0.3, 0.4) is 0 Å². The number of aliphatic hydroxyl groups is 1. The quantitative estimate of drug-likeness (QED) is 0.606. The van der Waals surface area contributed by atoms with E-state index >= 15 is 0 Å². The molecule has 0 aliphatic carbocycles. The molecule has 0 spiro atoms. The van der Waals surface area contributed by atoms with Crippen molar-refractivity contribution in [3.8, 4) is 0 Å². The number of aromatic amines is 1. The van der Waals surface area contributed by atoms with Crippen LogP contribution in [-0.4, -0.2) is 33.2 Å². The number of carbonyl (C=O) groups is 1. The number of aromatic nitrogens is 2. The van der Waals surface area contributed by atoms with Gasteiger partial charge in [-0.25, -0.2) is 4.79 Å². The molecule has 2 atom stereocenters. The van der Waals surface area contributed by atoms with Crippen LogP contribution in [0.5, 0.6) is 0 Å². The molecule has 0 fully saturated rings. The van der Waals surface area contributed by atoms with E-state index in [-0.39, 0.29) is 31.0 Å². The largest absolute Gasteiger partial charge is 0.396 e. The van der Waals surface area contributed by atoms with Crippen molar-refractivity contribution in [1.29, 1.82) is 0 Å². The fourth-order valence-electron chi connectivity index (χ4n) is 1.32. The van der Waals surface area contributed by atoms with E-state index in [1.54, 1.807) is 13.8 Å². The van der Waals surface area contributed by atoms with Gasteiger partial charge in [0.2, 0.25) is 5.91 Å². The van der Waals surface area contributed by atoms with Crippen LogP contribution in [-0.2, 0) is 11.3 Å². The standard InChI is InChI=1S/C11H17N3O4/c1-7(6-15)8(2)12-10(17)5-14-4-3-9(16)13-11(14)18/h3-4,7-8,15H,5-6H2,1-2H3,(H,12,17)(H,13,16,18). The molecule has 1 aromatic rings. The maximum atomic E-state index is 11.6. The van der Waals surface area contributed by atoms with Crippen LogP contribution in [0.15, 0.2) is 21.9 Å². The third-order valence-corrected chi connectivity index (χ3v) is 2.74. The third kappa shape index (κ3) is 3.85. The molecular weight excluding hydrogens is 238 g/mol. The van der Waals surface area contributed by atoms with Crippen molar-refractivity contribution in [2.24, 2.45) is 5.92 Å². The van der Waals surface area contributed by atoms with E-state index < -0.39 is 11.2 Å². The Balaban J connectivity index is 2.65. The van der Waals surface area contributed by atoms with Crippen LogP contribution in [0.1, 0.15) is 13.8 Å². The van der Waals surface area contributed by atoms with E-state index in [1.165, 1.54) is 12.3 Å². The number of nitrogens with one attached hydrogen (secondary N) is 2. The molecule has 1 aromatic heterocycles. The van der Waals surface area contributed by atoms with E-state index in [9.17, 15) is 14.4 Å². The summed E-state index contributed by atoms with van der Waals surface area (Å²) in [5.74, 6) is -0.418. The molecule has 1 heterocycles. The van der Waals surface area contributed by atoms with Crippen molar-refractivity contribution < 1.29 is 9.90 Å². The zero-order valence-electron chi connectivity index (χ0n) is 10.3. The Labute approximate surface area is 103 Å². The lowest BCUT2D eigenvalue weighted by Crippen LogP contribution is -2.42. The summed E-state index contributed by atoms with van der Waals surface area (Å²) in [6.07, 6.45) is 1.26. The number of nitrogens with zero attached hydrogens (tertiary/aromatic N) is 1. The Morgan fingerprint density at radius 3 is 2.72 bits per heavy atom. The summed E-state index contributed by atoms with van der Waals surface area (Å²) < 4.78 is 1.10. The van der Waals surface area contributed by atoms with Crippen LogP contribution in [0.25, 0.3) is 0 Å². The predicted molar refractivity (Wildman–Crippen MR) is 65.2 cm³/mol. The fourth-order valence-corrected chi connectivity index (χ4v) is 1.32. The molecule has 0 bridgehead atoms. The number of H-pyrrole nitrogens is 1. The highest BCUT2D eigenvalue weighted by Crippen LogP contribution is 2.00.